The normalized spacial score (nSPS) is 12.9. The van der Waals surface area contributed by atoms with Gasteiger partial charge in [0.15, 0.2) is 0 Å². The first-order valence-electron chi connectivity index (χ1n) is 11.2. The Balaban J connectivity index is 1.36. The van der Waals surface area contributed by atoms with Gasteiger partial charge in [-0.2, -0.15) is 0 Å². The summed E-state index contributed by atoms with van der Waals surface area (Å²) in [6, 6.07) is 15.7. The summed E-state index contributed by atoms with van der Waals surface area (Å²) >= 11 is 1.69. The second kappa shape index (κ2) is 9.15. The number of carbonyl (C=O) groups is 2. The van der Waals surface area contributed by atoms with E-state index in [1.807, 2.05) is 36.1 Å². The van der Waals surface area contributed by atoms with Crippen LogP contribution in [0.4, 0.5) is 17.2 Å². The number of thiophene rings is 1. The van der Waals surface area contributed by atoms with Gasteiger partial charge in [0, 0.05) is 47.8 Å². The molecule has 1 saturated heterocycles. The van der Waals surface area contributed by atoms with Gasteiger partial charge in [-0.15, -0.1) is 11.3 Å². The lowest BCUT2D eigenvalue weighted by Crippen LogP contribution is -2.42. The number of nitrogens with zero attached hydrogens (tertiary/aromatic N) is 2. The number of amides is 2. The molecule has 0 saturated carbocycles. The van der Waals surface area contributed by atoms with Gasteiger partial charge in [-0.1, -0.05) is 18.2 Å². The Bertz CT molecular complexity index is 1390. The van der Waals surface area contributed by atoms with Gasteiger partial charge in [0.2, 0.25) is 0 Å². The Kier molecular flexibility index (Phi) is 5.90. The van der Waals surface area contributed by atoms with E-state index in [1.54, 1.807) is 17.4 Å². The number of benzene rings is 2. The van der Waals surface area contributed by atoms with Gasteiger partial charge in [0.05, 0.1) is 11.3 Å². The van der Waals surface area contributed by atoms with Crippen LogP contribution in [0.2, 0.25) is 0 Å². The zero-order chi connectivity index (χ0) is 23.7. The van der Waals surface area contributed by atoms with Crippen LogP contribution in [0.15, 0.2) is 60.1 Å². The van der Waals surface area contributed by atoms with Crippen LogP contribution < -0.4 is 16.4 Å². The van der Waals surface area contributed by atoms with Crippen molar-refractivity contribution >= 4 is 50.4 Å². The highest BCUT2D eigenvalue weighted by Crippen LogP contribution is 2.28. The molecule has 1 aliphatic heterocycles. The van der Waals surface area contributed by atoms with E-state index in [9.17, 15) is 9.59 Å². The van der Waals surface area contributed by atoms with E-state index in [-0.39, 0.29) is 5.91 Å². The number of nitrogens with two attached hydrogens (primary N) is 1. The molecule has 0 radical (unpaired) electrons. The molecule has 0 atom stereocenters. The first kappa shape index (κ1) is 21.9. The summed E-state index contributed by atoms with van der Waals surface area (Å²) in [5.41, 5.74) is 10.1. The number of aromatic nitrogens is 1. The van der Waals surface area contributed by atoms with Crippen molar-refractivity contribution in [1.29, 1.82) is 0 Å². The molecular weight excluding hydrogens is 446 g/mol. The average Bonchev–Trinajstić information content (AvgIpc) is 3.26. The Labute approximate surface area is 201 Å². The number of primary amides is 1. The molecule has 5 rings (SSSR count). The van der Waals surface area contributed by atoms with Crippen LogP contribution in [0.1, 0.15) is 38.3 Å². The van der Waals surface area contributed by atoms with E-state index in [2.05, 4.69) is 39.2 Å². The fraction of sp³-hybridized carbons (Fsp3) is 0.192. The van der Waals surface area contributed by atoms with Gasteiger partial charge in [-0.25, -0.2) is 4.98 Å². The molecule has 1 fully saturated rings. The fourth-order valence-electron chi connectivity index (χ4n) is 4.07. The van der Waals surface area contributed by atoms with Crippen molar-refractivity contribution in [3.63, 3.8) is 0 Å². The smallest absolute Gasteiger partial charge is 0.254 e. The number of rotatable bonds is 7. The molecule has 8 heteroatoms. The summed E-state index contributed by atoms with van der Waals surface area (Å²) in [6.45, 7) is 4.13. The number of hydrogen-bond donors (Lipinski definition) is 3. The maximum atomic E-state index is 12.6. The van der Waals surface area contributed by atoms with E-state index in [0.29, 0.717) is 29.2 Å². The summed E-state index contributed by atoms with van der Waals surface area (Å²) in [5, 5.41) is 9.90. The Hall–Kier alpha value is -3.91. The van der Waals surface area contributed by atoms with E-state index in [4.69, 9.17) is 5.73 Å². The highest BCUT2D eigenvalue weighted by Gasteiger charge is 2.22. The van der Waals surface area contributed by atoms with Gasteiger partial charge in [0.1, 0.15) is 5.82 Å². The van der Waals surface area contributed by atoms with Crippen molar-refractivity contribution in [3.8, 4) is 0 Å². The minimum Gasteiger partial charge on any atom is -0.380 e. The number of likely N-dealkylation sites (tertiary alicyclic amines) is 1. The van der Waals surface area contributed by atoms with Gasteiger partial charge in [-0.05, 0) is 59.5 Å². The largest absolute Gasteiger partial charge is 0.380 e. The highest BCUT2D eigenvalue weighted by atomic mass is 32.1. The van der Waals surface area contributed by atoms with E-state index in [0.717, 1.165) is 36.3 Å². The predicted molar refractivity (Wildman–Crippen MR) is 137 cm³/mol. The maximum absolute atomic E-state index is 12.6. The Morgan fingerprint density at radius 3 is 2.71 bits per heavy atom. The Morgan fingerprint density at radius 1 is 1.12 bits per heavy atom. The summed E-state index contributed by atoms with van der Waals surface area (Å²) in [6.07, 6.45) is 2.55. The fourth-order valence-corrected chi connectivity index (χ4v) is 4.98. The highest BCUT2D eigenvalue weighted by molar-refractivity contribution is 7.17. The summed E-state index contributed by atoms with van der Waals surface area (Å²) in [7, 11) is 0. The van der Waals surface area contributed by atoms with Crippen molar-refractivity contribution in [3.05, 3.63) is 82.4 Å². The monoisotopic (exact) mass is 471 g/mol. The van der Waals surface area contributed by atoms with Crippen LogP contribution in [-0.4, -0.2) is 34.8 Å². The number of carbonyl (C=O) groups excluding carboxylic acids is 2. The molecular formula is C26H25N5O2S. The summed E-state index contributed by atoms with van der Waals surface area (Å²) in [5.74, 6) is 0.107. The number of fused-ring (bicyclic) bond motifs is 1. The quantitative estimate of drug-likeness (QED) is 0.356. The van der Waals surface area contributed by atoms with Gasteiger partial charge in [0.25, 0.3) is 11.8 Å². The Morgan fingerprint density at radius 2 is 1.97 bits per heavy atom. The first-order valence-corrected chi connectivity index (χ1v) is 12.0. The molecule has 3 heterocycles. The zero-order valence-electron chi connectivity index (χ0n) is 18.8. The molecule has 0 bridgehead atoms. The minimum atomic E-state index is -0.541. The molecule has 7 nitrogen and oxygen atoms in total. The lowest BCUT2D eigenvalue weighted by molar-refractivity contribution is 0.0651. The molecule has 2 amide bonds. The van der Waals surface area contributed by atoms with Crippen LogP contribution >= 0.6 is 11.3 Å². The molecule has 172 valence electrons. The molecule has 0 spiro atoms. The van der Waals surface area contributed by atoms with E-state index < -0.39 is 5.91 Å². The van der Waals surface area contributed by atoms with Crippen molar-refractivity contribution in [2.75, 3.05) is 23.7 Å². The number of anilines is 3. The van der Waals surface area contributed by atoms with Crippen molar-refractivity contribution in [2.24, 2.45) is 5.73 Å². The molecule has 34 heavy (non-hydrogen) atoms. The zero-order valence-corrected chi connectivity index (χ0v) is 19.6. The second-order valence-electron chi connectivity index (χ2n) is 8.39. The summed E-state index contributed by atoms with van der Waals surface area (Å²) in [4.78, 5) is 30.8. The lowest BCUT2D eigenvalue weighted by atomic mass is 10.0. The van der Waals surface area contributed by atoms with E-state index in [1.165, 1.54) is 16.3 Å². The van der Waals surface area contributed by atoms with Crippen LogP contribution in [0.3, 0.4) is 0 Å². The first-order chi connectivity index (χ1) is 16.5. The molecule has 0 aliphatic carbocycles. The van der Waals surface area contributed by atoms with Crippen LogP contribution in [0, 0.1) is 6.92 Å². The predicted octanol–water partition coefficient (Wildman–Crippen LogP) is 4.91. The molecule has 2 aromatic carbocycles. The molecule has 4 N–H and O–H groups in total. The standard InChI is InChI=1S/C26H25N5O2S/c1-16-12-19(6-7-20(16)26(33)31-9-3-10-31)30-23-13-22(21(15-29-23)25(27)32)28-14-18-5-2-4-17-8-11-34-24(17)18/h2,4-8,11-13,15H,3,9-10,14H2,1H3,(H2,27,32)(H2,28,29,30). The molecule has 2 aromatic heterocycles. The van der Waals surface area contributed by atoms with Crippen molar-refractivity contribution < 1.29 is 9.59 Å². The number of aryl methyl sites for hydroxylation is 1. The number of nitrogens with one attached hydrogen (secondary N) is 2. The SMILES string of the molecule is Cc1cc(Nc2cc(NCc3cccc4ccsc34)c(C(N)=O)cn2)ccc1C(=O)N1CCC1. The molecule has 0 unspecified atom stereocenters. The third kappa shape index (κ3) is 4.32. The van der Waals surface area contributed by atoms with Crippen molar-refractivity contribution in [2.45, 2.75) is 19.9 Å². The number of pyridine rings is 1. The average molecular weight is 472 g/mol. The topological polar surface area (TPSA) is 100 Å². The van der Waals surface area contributed by atoms with Gasteiger partial charge < -0.3 is 21.3 Å². The van der Waals surface area contributed by atoms with Crippen LogP contribution in [0.25, 0.3) is 10.1 Å². The van der Waals surface area contributed by atoms with Gasteiger partial charge in [-0.3, -0.25) is 9.59 Å². The maximum Gasteiger partial charge on any atom is 0.254 e. The van der Waals surface area contributed by atoms with Crippen LogP contribution in [-0.2, 0) is 6.54 Å². The molecule has 4 aromatic rings. The number of hydrogen-bond acceptors (Lipinski definition) is 6. The van der Waals surface area contributed by atoms with Crippen LogP contribution in [0.5, 0.6) is 0 Å². The van der Waals surface area contributed by atoms with Gasteiger partial charge >= 0.3 is 0 Å². The second-order valence-corrected chi connectivity index (χ2v) is 9.31. The van der Waals surface area contributed by atoms with E-state index >= 15 is 0 Å². The van der Waals surface area contributed by atoms with Crippen molar-refractivity contribution in [1.82, 2.24) is 9.88 Å². The lowest BCUT2D eigenvalue weighted by Gasteiger charge is -2.31. The molecule has 1 aliphatic rings. The third-order valence-corrected chi connectivity index (χ3v) is 7.08. The third-order valence-electron chi connectivity index (χ3n) is 6.07. The summed E-state index contributed by atoms with van der Waals surface area (Å²) < 4.78 is 1.21. The minimum absolute atomic E-state index is 0.0754.